The molecule has 0 aliphatic carbocycles. The van der Waals surface area contributed by atoms with E-state index in [0.29, 0.717) is 29.7 Å². The predicted molar refractivity (Wildman–Crippen MR) is 91.3 cm³/mol. The van der Waals surface area contributed by atoms with E-state index < -0.39 is 0 Å². The fourth-order valence-electron chi connectivity index (χ4n) is 2.11. The highest BCUT2D eigenvalue weighted by atomic mass is 79.9. The summed E-state index contributed by atoms with van der Waals surface area (Å²) in [5, 5.41) is 0.501. The predicted octanol–water partition coefficient (Wildman–Crippen LogP) is 4.42. The molecule has 0 radical (unpaired) electrons. The molecule has 0 bridgehead atoms. The Labute approximate surface area is 140 Å². The molecule has 3 nitrogen and oxygen atoms in total. The average molecular weight is 377 g/mol. The fraction of sp³-hybridized carbons (Fsp3) is 0.562. The van der Waals surface area contributed by atoms with Crippen LogP contribution in [-0.2, 0) is 4.74 Å². The van der Waals surface area contributed by atoms with Crippen molar-refractivity contribution in [3.05, 3.63) is 33.3 Å². The second-order valence-electron chi connectivity index (χ2n) is 5.08. The first-order chi connectivity index (χ1) is 9.99. The number of ketones is 1. The van der Waals surface area contributed by atoms with Crippen molar-refractivity contribution in [2.75, 3.05) is 26.8 Å². The van der Waals surface area contributed by atoms with Crippen molar-refractivity contribution in [3.63, 3.8) is 0 Å². The van der Waals surface area contributed by atoms with Crippen LogP contribution in [0.15, 0.2) is 22.7 Å². The molecule has 0 amide bonds. The highest BCUT2D eigenvalue weighted by molar-refractivity contribution is 9.10. The molecule has 1 aromatic carbocycles. The lowest BCUT2D eigenvalue weighted by Crippen LogP contribution is -2.37. The number of benzene rings is 1. The Hall–Kier alpha value is -0.420. The van der Waals surface area contributed by atoms with Gasteiger partial charge in [-0.1, -0.05) is 34.5 Å². The molecule has 0 fully saturated rings. The van der Waals surface area contributed by atoms with Crippen LogP contribution in [0.1, 0.15) is 37.0 Å². The zero-order valence-corrected chi connectivity index (χ0v) is 15.2. The smallest absolute Gasteiger partial charge is 0.165 e. The monoisotopic (exact) mass is 375 g/mol. The number of carbonyl (C=O) groups excluding carboxylic acids is 1. The molecular formula is C16H23BrClNO2. The molecule has 21 heavy (non-hydrogen) atoms. The number of hydrogen-bond donors (Lipinski definition) is 0. The summed E-state index contributed by atoms with van der Waals surface area (Å²) < 4.78 is 6.02. The molecule has 1 atom stereocenters. The van der Waals surface area contributed by atoms with Crippen molar-refractivity contribution in [1.29, 1.82) is 0 Å². The number of rotatable bonds is 9. The maximum Gasteiger partial charge on any atom is 0.165 e. The summed E-state index contributed by atoms with van der Waals surface area (Å²) in [7, 11) is 1.70. The summed E-state index contributed by atoms with van der Waals surface area (Å²) >= 11 is 9.48. The highest BCUT2D eigenvalue weighted by Crippen LogP contribution is 2.22. The van der Waals surface area contributed by atoms with Gasteiger partial charge >= 0.3 is 0 Å². The lowest BCUT2D eigenvalue weighted by Gasteiger charge is -2.27. The fourth-order valence-corrected chi connectivity index (χ4v) is 2.89. The third-order valence-corrected chi connectivity index (χ3v) is 4.46. The van der Waals surface area contributed by atoms with E-state index in [0.717, 1.165) is 24.0 Å². The minimum absolute atomic E-state index is 0.0817. The number of methoxy groups -OCH3 is 1. The van der Waals surface area contributed by atoms with Crippen LogP contribution in [0.3, 0.4) is 0 Å². The van der Waals surface area contributed by atoms with E-state index in [1.54, 1.807) is 19.2 Å². The maximum atomic E-state index is 12.3. The number of hydrogen-bond acceptors (Lipinski definition) is 3. The Balaban J connectivity index is 2.63. The minimum atomic E-state index is 0.0817. The zero-order valence-electron chi connectivity index (χ0n) is 12.9. The van der Waals surface area contributed by atoms with E-state index in [9.17, 15) is 4.79 Å². The van der Waals surface area contributed by atoms with E-state index >= 15 is 0 Å². The molecule has 1 unspecified atom stereocenters. The van der Waals surface area contributed by atoms with Gasteiger partial charge in [-0.15, -0.1) is 0 Å². The van der Waals surface area contributed by atoms with Gasteiger partial charge in [-0.2, -0.15) is 0 Å². The van der Waals surface area contributed by atoms with Gasteiger partial charge < -0.3 is 4.74 Å². The van der Waals surface area contributed by atoms with Gasteiger partial charge in [0.05, 0.1) is 11.6 Å². The van der Waals surface area contributed by atoms with Gasteiger partial charge in [-0.25, -0.2) is 0 Å². The number of ether oxygens (including phenoxy) is 1. The Bertz CT molecular complexity index is 468. The first kappa shape index (κ1) is 18.6. The van der Waals surface area contributed by atoms with E-state index in [1.807, 2.05) is 6.07 Å². The van der Waals surface area contributed by atoms with Crippen molar-refractivity contribution in [3.8, 4) is 0 Å². The topological polar surface area (TPSA) is 29.5 Å². The summed E-state index contributed by atoms with van der Waals surface area (Å²) in [5.41, 5.74) is 0.593. The third kappa shape index (κ3) is 6.07. The first-order valence-corrected chi connectivity index (χ1v) is 8.37. The molecule has 1 aromatic rings. The van der Waals surface area contributed by atoms with Gasteiger partial charge in [0.1, 0.15) is 0 Å². The maximum absolute atomic E-state index is 12.3. The molecule has 0 aromatic heterocycles. The van der Waals surface area contributed by atoms with E-state index in [-0.39, 0.29) is 5.78 Å². The molecule has 0 aliphatic heterocycles. The normalized spacial score (nSPS) is 12.7. The number of carbonyl (C=O) groups is 1. The number of nitrogens with zero attached hydrogens (tertiary/aromatic N) is 1. The lowest BCUT2D eigenvalue weighted by molar-refractivity contribution is 0.0916. The molecule has 0 saturated heterocycles. The van der Waals surface area contributed by atoms with Crippen LogP contribution in [0.2, 0.25) is 5.02 Å². The van der Waals surface area contributed by atoms with Crippen molar-refractivity contribution >= 4 is 33.3 Å². The van der Waals surface area contributed by atoms with Crippen LogP contribution in [-0.4, -0.2) is 43.5 Å². The molecule has 0 heterocycles. The Kier molecular flexibility index (Phi) is 8.49. The van der Waals surface area contributed by atoms with Gasteiger partial charge in [-0.05, 0) is 31.5 Å². The Morgan fingerprint density at radius 1 is 1.43 bits per heavy atom. The van der Waals surface area contributed by atoms with Crippen molar-refractivity contribution in [1.82, 2.24) is 4.90 Å². The summed E-state index contributed by atoms with van der Waals surface area (Å²) in [5.74, 6) is 0.0817. The standard InChI is InChI=1S/C16H23BrClNO2/c1-4-12(2)19(9-10-21-3)8-7-16(20)14-6-5-13(17)11-15(14)18/h5-6,11-12H,4,7-10H2,1-3H3. The van der Waals surface area contributed by atoms with Crippen molar-refractivity contribution in [2.45, 2.75) is 32.7 Å². The average Bonchev–Trinajstić information content (AvgIpc) is 2.46. The number of halogens is 2. The largest absolute Gasteiger partial charge is 0.383 e. The van der Waals surface area contributed by atoms with Crippen LogP contribution in [0.5, 0.6) is 0 Å². The number of Topliss-reactive ketones (excluding diaryl/α,β-unsaturated/α-hetero) is 1. The van der Waals surface area contributed by atoms with Crippen molar-refractivity contribution < 1.29 is 9.53 Å². The zero-order chi connectivity index (χ0) is 15.8. The Morgan fingerprint density at radius 2 is 2.14 bits per heavy atom. The van der Waals surface area contributed by atoms with Gasteiger partial charge in [0.25, 0.3) is 0 Å². The molecule has 0 saturated carbocycles. The van der Waals surface area contributed by atoms with Gasteiger partial charge in [0.2, 0.25) is 0 Å². The van der Waals surface area contributed by atoms with E-state index in [4.69, 9.17) is 16.3 Å². The van der Waals surface area contributed by atoms with Crippen molar-refractivity contribution in [2.24, 2.45) is 0 Å². The molecule has 0 N–H and O–H groups in total. The summed E-state index contributed by atoms with van der Waals surface area (Å²) in [4.78, 5) is 14.6. The van der Waals surface area contributed by atoms with Crippen LogP contribution in [0.25, 0.3) is 0 Å². The van der Waals surface area contributed by atoms with E-state index in [1.165, 1.54) is 0 Å². The quantitative estimate of drug-likeness (QED) is 0.597. The third-order valence-electron chi connectivity index (χ3n) is 3.65. The molecule has 5 heteroatoms. The van der Waals surface area contributed by atoms with Crippen LogP contribution >= 0.6 is 27.5 Å². The van der Waals surface area contributed by atoms with Crippen LogP contribution in [0.4, 0.5) is 0 Å². The Morgan fingerprint density at radius 3 is 2.71 bits per heavy atom. The second kappa shape index (κ2) is 9.57. The minimum Gasteiger partial charge on any atom is -0.383 e. The summed E-state index contributed by atoms with van der Waals surface area (Å²) in [6.45, 7) is 6.57. The van der Waals surface area contributed by atoms with Gasteiger partial charge in [-0.3, -0.25) is 9.69 Å². The highest BCUT2D eigenvalue weighted by Gasteiger charge is 2.16. The van der Waals surface area contributed by atoms with E-state index in [2.05, 4.69) is 34.7 Å². The van der Waals surface area contributed by atoms with Crippen LogP contribution < -0.4 is 0 Å². The molecular weight excluding hydrogens is 354 g/mol. The SMILES string of the molecule is CCC(C)N(CCOC)CCC(=O)c1ccc(Br)cc1Cl. The summed E-state index contributed by atoms with van der Waals surface area (Å²) in [6, 6.07) is 5.81. The molecule has 1 rings (SSSR count). The lowest BCUT2D eigenvalue weighted by atomic mass is 10.1. The molecule has 0 spiro atoms. The van der Waals surface area contributed by atoms with Crippen LogP contribution in [0, 0.1) is 0 Å². The summed E-state index contributed by atoms with van der Waals surface area (Å²) in [6.07, 6.45) is 1.52. The molecule has 0 aliphatic rings. The first-order valence-electron chi connectivity index (χ1n) is 7.20. The van der Waals surface area contributed by atoms with Gasteiger partial charge in [0, 0.05) is 42.7 Å². The van der Waals surface area contributed by atoms with Gasteiger partial charge in [0.15, 0.2) is 5.78 Å². The second-order valence-corrected chi connectivity index (χ2v) is 6.41. The molecule has 118 valence electrons.